The molecule has 2 heterocycles. The summed E-state index contributed by atoms with van der Waals surface area (Å²) < 4.78 is 2.73. The van der Waals surface area contributed by atoms with Crippen LogP contribution in [-0.4, -0.2) is 14.8 Å². The van der Waals surface area contributed by atoms with E-state index in [9.17, 15) is 0 Å². The fraction of sp³-hybridized carbons (Fsp3) is 0.429. The van der Waals surface area contributed by atoms with E-state index in [2.05, 4.69) is 51.4 Å². The van der Waals surface area contributed by atoms with Crippen LogP contribution in [0.1, 0.15) is 36.7 Å². The molecule has 2 aromatic rings. The van der Waals surface area contributed by atoms with Crippen molar-refractivity contribution in [2.45, 2.75) is 33.2 Å². The van der Waals surface area contributed by atoms with E-state index >= 15 is 0 Å². The third kappa shape index (κ3) is 3.35. The van der Waals surface area contributed by atoms with Crippen molar-refractivity contribution >= 4 is 21.6 Å². The van der Waals surface area contributed by atoms with E-state index in [1.807, 2.05) is 30.8 Å². The summed E-state index contributed by atoms with van der Waals surface area (Å²) in [5, 5.41) is 7.94. The molecule has 0 saturated heterocycles. The quantitative estimate of drug-likeness (QED) is 0.874. The maximum Gasteiger partial charge on any atom is 0.106 e. The van der Waals surface area contributed by atoms with Crippen LogP contribution in [0.3, 0.4) is 0 Å². The number of rotatable bonds is 4. The topological polar surface area (TPSA) is 42.7 Å². The van der Waals surface area contributed by atoms with Crippen molar-refractivity contribution in [3.05, 3.63) is 39.9 Å². The van der Waals surface area contributed by atoms with Crippen LogP contribution in [0.25, 0.3) is 0 Å². The summed E-state index contributed by atoms with van der Waals surface area (Å²) >= 11 is 3.37. The second-order valence-electron chi connectivity index (χ2n) is 4.99. The monoisotopic (exact) mass is 322 g/mol. The van der Waals surface area contributed by atoms with Gasteiger partial charge >= 0.3 is 0 Å². The molecule has 0 aromatic carbocycles. The molecular weight excluding hydrogens is 304 g/mol. The molecule has 0 aliphatic rings. The Labute approximate surface area is 122 Å². The number of anilines is 1. The van der Waals surface area contributed by atoms with Gasteiger partial charge in [0.15, 0.2) is 0 Å². The molecule has 102 valence electrons. The van der Waals surface area contributed by atoms with Crippen LogP contribution in [0.5, 0.6) is 0 Å². The molecule has 4 nitrogen and oxygen atoms in total. The summed E-state index contributed by atoms with van der Waals surface area (Å²) in [5.74, 6) is 0.433. The summed E-state index contributed by atoms with van der Waals surface area (Å²) in [6.07, 6.45) is 2.07. The zero-order valence-electron chi connectivity index (χ0n) is 11.7. The van der Waals surface area contributed by atoms with E-state index in [-0.39, 0.29) is 0 Å². The minimum atomic E-state index is 0.433. The third-order valence-corrected chi connectivity index (χ3v) is 3.45. The predicted molar refractivity (Wildman–Crippen MR) is 81.3 cm³/mol. The van der Waals surface area contributed by atoms with Gasteiger partial charge in [-0.05, 0) is 40.9 Å². The van der Waals surface area contributed by atoms with Gasteiger partial charge < -0.3 is 5.32 Å². The standard InChI is InChI=1S/C14H19BrN4/c1-9(2)14-11(8-19(4)18-14)7-16-12-5-6-13(15)17-10(12)3/h5-6,8-9,16H,7H2,1-4H3. The van der Waals surface area contributed by atoms with Crippen molar-refractivity contribution < 1.29 is 0 Å². The molecule has 0 atom stereocenters. The first-order valence-electron chi connectivity index (χ1n) is 6.37. The van der Waals surface area contributed by atoms with Crippen molar-refractivity contribution in [2.24, 2.45) is 7.05 Å². The SMILES string of the molecule is Cc1nc(Br)ccc1NCc1cn(C)nc1C(C)C. The number of hydrogen-bond donors (Lipinski definition) is 1. The predicted octanol–water partition coefficient (Wildman–Crippen LogP) is 3.62. The number of aryl methyl sites for hydroxylation is 2. The van der Waals surface area contributed by atoms with Crippen molar-refractivity contribution in [3.63, 3.8) is 0 Å². The normalized spacial score (nSPS) is 11.1. The molecule has 2 rings (SSSR count). The maximum absolute atomic E-state index is 4.51. The van der Waals surface area contributed by atoms with Gasteiger partial charge in [-0.3, -0.25) is 4.68 Å². The molecule has 5 heteroatoms. The van der Waals surface area contributed by atoms with Crippen LogP contribution >= 0.6 is 15.9 Å². The molecule has 1 N–H and O–H groups in total. The molecule has 0 amide bonds. The highest BCUT2D eigenvalue weighted by atomic mass is 79.9. The number of hydrogen-bond acceptors (Lipinski definition) is 3. The lowest BCUT2D eigenvalue weighted by Gasteiger charge is -2.10. The number of nitrogens with one attached hydrogen (secondary N) is 1. The molecule has 0 fully saturated rings. The third-order valence-electron chi connectivity index (χ3n) is 3.01. The summed E-state index contributed by atoms with van der Waals surface area (Å²) in [5.41, 5.74) is 4.43. The van der Waals surface area contributed by atoms with E-state index < -0.39 is 0 Å². The van der Waals surface area contributed by atoms with Crippen molar-refractivity contribution in [1.82, 2.24) is 14.8 Å². The molecule has 0 aliphatic carbocycles. The zero-order valence-corrected chi connectivity index (χ0v) is 13.3. The summed E-state index contributed by atoms with van der Waals surface area (Å²) in [6, 6.07) is 3.99. The van der Waals surface area contributed by atoms with Gasteiger partial charge in [0, 0.05) is 25.4 Å². The van der Waals surface area contributed by atoms with Crippen LogP contribution in [0.4, 0.5) is 5.69 Å². The molecule has 0 unspecified atom stereocenters. The van der Waals surface area contributed by atoms with E-state index in [1.165, 1.54) is 5.56 Å². The van der Waals surface area contributed by atoms with Crippen molar-refractivity contribution in [2.75, 3.05) is 5.32 Å². The van der Waals surface area contributed by atoms with Crippen LogP contribution in [0.15, 0.2) is 22.9 Å². The fourth-order valence-electron chi connectivity index (χ4n) is 2.08. The minimum Gasteiger partial charge on any atom is -0.379 e. The first kappa shape index (κ1) is 14.1. The summed E-state index contributed by atoms with van der Waals surface area (Å²) in [7, 11) is 1.96. The van der Waals surface area contributed by atoms with Crippen molar-refractivity contribution in [3.8, 4) is 0 Å². The second kappa shape index (κ2) is 5.74. The number of pyridine rings is 1. The largest absolute Gasteiger partial charge is 0.379 e. The van der Waals surface area contributed by atoms with Gasteiger partial charge in [0.05, 0.1) is 17.1 Å². The molecule has 0 radical (unpaired) electrons. The lowest BCUT2D eigenvalue weighted by molar-refractivity contribution is 0.712. The molecule has 19 heavy (non-hydrogen) atoms. The lowest BCUT2D eigenvalue weighted by atomic mass is 10.1. The molecule has 0 bridgehead atoms. The smallest absolute Gasteiger partial charge is 0.106 e. The second-order valence-corrected chi connectivity index (χ2v) is 5.80. The Morgan fingerprint density at radius 2 is 2.11 bits per heavy atom. The zero-order chi connectivity index (χ0) is 14.0. The van der Waals surface area contributed by atoms with E-state index in [1.54, 1.807) is 0 Å². The van der Waals surface area contributed by atoms with Gasteiger partial charge in [-0.15, -0.1) is 0 Å². The highest BCUT2D eigenvalue weighted by Crippen LogP contribution is 2.20. The average molecular weight is 323 g/mol. The van der Waals surface area contributed by atoms with Gasteiger partial charge in [0.1, 0.15) is 4.60 Å². The Morgan fingerprint density at radius 1 is 1.37 bits per heavy atom. The Balaban J connectivity index is 2.14. The van der Waals surface area contributed by atoms with Gasteiger partial charge in [-0.1, -0.05) is 13.8 Å². The minimum absolute atomic E-state index is 0.433. The Morgan fingerprint density at radius 3 is 2.74 bits per heavy atom. The number of nitrogens with zero attached hydrogens (tertiary/aromatic N) is 3. The maximum atomic E-state index is 4.51. The molecular formula is C14H19BrN4. The highest BCUT2D eigenvalue weighted by Gasteiger charge is 2.11. The van der Waals surface area contributed by atoms with Gasteiger partial charge in [0.25, 0.3) is 0 Å². The van der Waals surface area contributed by atoms with Gasteiger partial charge in [-0.2, -0.15) is 5.10 Å². The molecule has 0 aliphatic heterocycles. The number of halogens is 1. The summed E-state index contributed by atoms with van der Waals surface area (Å²) in [6.45, 7) is 7.10. The lowest BCUT2D eigenvalue weighted by Crippen LogP contribution is -2.04. The van der Waals surface area contributed by atoms with E-state index in [0.29, 0.717) is 5.92 Å². The Kier molecular flexibility index (Phi) is 4.24. The fourth-order valence-corrected chi connectivity index (χ4v) is 2.48. The van der Waals surface area contributed by atoms with E-state index in [4.69, 9.17) is 0 Å². The summed E-state index contributed by atoms with van der Waals surface area (Å²) in [4.78, 5) is 4.38. The van der Waals surface area contributed by atoms with Crippen LogP contribution in [0, 0.1) is 6.92 Å². The van der Waals surface area contributed by atoms with Gasteiger partial charge in [-0.25, -0.2) is 4.98 Å². The Hall–Kier alpha value is -1.36. The first-order chi connectivity index (χ1) is 8.97. The first-order valence-corrected chi connectivity index (χ1v) is 7.16. The van der Waals surface area contributed by atoms with Crippen LogP contribution in [-0.2, 0) is 13.6 Å². The molecule has 2 aromatic heterocycles. The Bertz CT molecular complexity index is 575. The van der Waals surface area contributed by atoms with Crippen LogP contribution < -0.4 is 5.32 Å². The van der Waals surface area contributed by atoms with E-state index in [0.717, 1.165) is 28.2 Å². The highest BCUT2D eigenvalue weighted by molar-refractivity contribution is 9.10. The van der Waals surface area contributed by atoms with Crippen molar-refractivity contribution in [1.29, 1.82) is 0 Å². The molecule has 0 saturated carbocycles. The average Bonchev–Trinajstić information content (AvgIpc) is 2.69. The number of aromatic nitrogens is 3. The van der Waals surface area contributed by atoms with Crippen LogP contribution in [0.2, 0.25) is 0 Å². The van der Waals surface area contributed by atoms with Gasteiger partial charge in [0.2, 0.25) is 0 Å². The molecule has 0 spiro atoms.